The summed E-state index contributed by atoms with van der Waals surface area (Å²) in [6, 6.07) is 63.6. The molecule has 4 atom stereocenters. The van der Waals surface area contributed by atoms with E-state index in [1.54, 1.807) is 0 Å². The molecule has 4 unspecified atom stereocenters. The van der Waals surface area contributed by atoms with Crippen LogP contribution in [0.5, 0.6) is 0 Å². The van der Waals surface area contributed by atoms with Crippen molar-refractivity contribution in [3.05, 3.63) is 275 Å². The van der Waals surface area contributed by atoms with Gasteiger partial charge in [-0.15, -0.1) is 23.5 Å². The third-order valence-electron chi connectivity index (χ3n) is 14.9. The molecule has 0 aromatic heterocycles. The lowest BCUT2D eigenvalue weighted by Crippen LogP contribution is -2.41. The maximum Gasteiger partial charge on any atom is 0.193 e. The Morgan fingerprint density at radius 2 is 0.754 bits per heavy atom. The number of nitrogens with zero attached hydrogens (tertiary/aromatic N) is 2. The third-order valence-corrected chi connectivity index (χ3v) is 17.5. The molecule has 328 valence electrons. The summed E-state index contributed by atoms with van der Waals surface area (Å²) in [6.45, 7) is 0. The van der Waals surface area contributed by atoms with Gasteiger partial charge in [-0.05, 0) is 105 Å². The van der Waals surface area contributed by atoms with Crippen molar-refractivity contribution in [2.45, 2.75) is 37.8 Å². The van der Waals surface area contributed by atoms with Crippen LogP contribution in [0, 0.1) is 0 Å². The molecule has 14 rings (SSSR count). The van der Waals surface area contributed by atoms with E-state index in [-0.39, 0.29) is 34.2 Å². The number of carbonyl (C=O) groups is 2. The zero-order valence-corrected chi connectivity index (χ0v) is 38.9. The van der Waals surface area contributed by atoms with Crippen LogP contribution in [0.25, 0.3) is 22.3 Å². The van der Waals surface area contributed by atoms with Crippen LogP contribution in [0.4, 0.5) is 22.7 Å². The zero-order valence-electron chi connectivity index (χ0n) is 37.3. The number of anilines is 4. The highest BCUT2D eigenvalue weighted by molar-refractivity contribution is 8.00. The molecule has 0 N–H and O–H groups in total. The minimum atomic E-state index is -0.918. The fraction of sp³-hybridized carbons (Fsp3) is 0.0794. The number of fused-ring (bicyclic) bond motifs is 14. The Balaban J connectivity index is 1.06. The van der Waals surface area contributed by atoms with Crippen LogP contribution >= 0.6 is 23.5 Å². The normalized spacial score (nSPS) is 20.0. The average molecular weight is 923 g/mol. The van der Waals surface area contributed by atoms with Gasteiger partial charge in [0.1, 0.15) is 0 Å². The van der Waals surface area contributed by atoms with Gasteiger partial charge in [0.15, 0.2) is 11.6 Å². The van der Waals surface area contributed by atoms with Gasteiger partial charge in [0.2, 0.25) is 0 Å². The molecule has 0 saturated heterocycles. The van der Waals surface area contributed by atoms with Crippen LogP contribution in [0.3, 0.4) is 0 Å². The first-order valence-electron chi connectivity index (χ1n) is 23.6. The summed E-state index contributed by atoms with van der Waals surface area (Å²) in [5.41, 5.74) is 14.9. The van der Waals surface area contributed by atoms with E-state index in [2.05, 4.69) is 168 Å². The van der Waals surface area contributed by atoms with Gasteiger partial charge >= 0.3 is 0 Å². The smallest absolute Gasteiger partial charge is 0.193 e. The largest absolute Gasteiger partial charge is 0.332 e. The van der Waals surface area contributed by atoms with E-state index in [0.29, 0.717) is 22.3 Å². The van der Waals surface area contributed by atoms with Crippen molar-refractivity contribution < 1.29 is 9.59 Å². The minimum Gasteiger partial charge on any atom is -0.332 e. The first-order chi connectivity index (χ1) is 34.0. The van der Waals surface area contributed by atoms with Crippen molar-refractivity contribution in [3.63, 3.8) is 0 Å². The lowest BCUT2D eigenvalue weighted by Gasteiger charge is -2.43. The topological polar surface area (TPSA) is 40.6 Å². The SMILES string of the molecule is O=C(c1ccccc1)c1ccc2c(c1)C1(c3cc(C(=O)c4ccccc4)ccc3-2)c2cc(N3c4ccccc4SC4C=CC=CC43)ccc2-c2ccc(N3c4ccccc4SC4C=CC=CC43)cc21. The zero-order chi connectivity index (χ0) is 45.8. The molecular formula is C63H42N2O2S2. The van der Waals surface area contributed by atoms with Gasteiger partial charge in [0.05, 0.1) is 39.4 Å². The van der Waals surface area contributed by atoms with Gasteiger partial charge < -0.3 is 9.80 Å². The van der Waals surface area contributed by atoms with Crippen molar-refractivity contribution in [1.82, 2.24) is 0 Å². The second kappa shape index (κ2) is 15.7. The molecule has 0 radical (unpaired) electrons. The van der Waals surface area contributed by atoms with Crippen molar-refractivity contribution >= 4 is 57.8 Å². The monoisotopic (exact) mass is 922 g/mol. The Kier molecular flexibility index (Phi) is 9.20. The molecule has 2 heterocycles. The molecule has 2 aliphatic heterocycles. The van der Waals surface area contributed by atoms with E-state index in [4.69, 9.17) is 0 Å². The summed E-state index contributed by atoms with van der Waals surface area (Å²) < 4.78 is 0. The molecule has 4 aliphatic carbocycles. The van der Waals surface area contributed by atoms with Crippen LogP contribution in [-0.2, 0) is 5.41 Å². The number of benzene rings is 8. The molecular weight excluding hydrogens is 881 g/mol. The number of hydrogen-bond acceptors (Lipinski definition) is 6. The van der Waals surface area contributed by atoms with Crippen molar-refractivity contribution in [1.29, 1.82) is 0 Å². The Bertz CT molecular complexity index is 3370. The summed E-state index contributed by atoms with van der Waals surface area (Å²) in [4.78, 5) is 36.8. The number of rotatable bonds is 6. The number of carbonyl (C=O) groups excluding carboxylic acids is 2. The van der Waals surface area contributed by atoms with Gasteiger partial charge in [0, 0.05) is 43.4 Å². The lowest BCUT2D eigenvalue weighted by molar-refractivity contribution is 0.103. The number of para-hydroxylation sites is 2. The molecule has 8 aromatic carbocycles. The predicted molar refractivity (Wildman–Crippen MR) is 283 cm³/mol. The summed E-state index contributed by atoms with van der Waals surface area (Å²) in [5, 5.41) is 0.465. The predicted octanol–water partition coefficient (Wildman–Crippen LogP) is 14.7. The fourth-order valence-electron chi connectivity index (χ4n) is 11.9. The Hall–Kier alpha value is -7.64. The molecule has 6 aliphatic rings. The van der Waals surface area contributed by atoms with Gasteiger partial charge in [-0.3, -0.25) is 9.59 Å². The first kappa shape index (κ1) is 40.4. The molecule has 6 heteroatoms. The highest BCUT2D eigenvalue weighted by atomic mass is 32.2. The first-order valence-corrected chi connectivity index (χ1v) is 25.4. The molecule has 0 bridgehead atoms. The van der Waals surface area contributed by atoms with E-state index >= 15 is 0 Å². The second-order valence-electron chi connectivity index (χ2n) is 18.5. The van der Waals surface area contributed by atoms with E-state index in [1.807, 2.05) is 96.3 Å². The van der Waals surface area contributed by atoms with Crippen LogP contribution in [0.1, 0.15) is 54.1 Å². The Labute approximate surface area is 410 Å². The number of allylic oxidation sites excluding steroid dienone is 4. The summed E-state index contributed by atoms with van der Waals surface area (Å²) in [7, 11) is 0. The number of ketones is 2. The molecule has 1 spiro atoms. The molecule has 8 aromatic rings. The quantitative estimate of drug-likeness (QED) is 0.155. The molecule has 0 fully saturated rings. The third kappa shape index (κ3) is 6.05. The van der Waals surface area contributed by atoms with Crippen LogP contribution in [0.15, 0.2) is 240 Å². The summed E-state index contributed by atoms with van der Waals surface area (Å²) in [5.74, 6) is -0.0526. The maximum absolute atomic E-state index is 14.7. The van der Waals surface area contributed by atoms with Crippen molar-refractivity contribution in [2.75, 3.05) is 9.80 Å². The summed E-state index contributed by atoms with van der Waals surface area (Å²) in [6.07, 6.45) is 18.0. The molecule has 4 nitrogen and oxygen atoms in total. The minimum absolute atomic E-state index is 0.0263. The molecule has 0 amide bonds. The van der Waals surface area contributed by atoms with Gasteiger partial charge in [-0.25, -0.2) is 0 Å². The van der Waals surface area contributed by atoms with Gasteiger partial charge in [-0.1, -0.05) is 170 Å². The van der Waals surface area contributed by atoms with Crippen LogP contribution < -0.4 is 9.80 Å². The number of thioether (sulfide) groups is 2. The second-order valence-corrected chi connectivity index (χ2v) is 20.9. The van der Waals surface area contributed by atoms with Gasteiger partial charge in [0.25, 0.3) is 0 Å². The highest BCUT2D eigenvalue weighted by Crippen LogP contribution is 2.65. The van der Waals surface area contributed by atoms with Gasteiger partial charge in [-0.2, -0.15) is 0 Å². The molecule has 0 saturated carbocycles. The lowest BCUT2D eigenvalue weighted by atomic mass is 9.69. The van der Waals surface area contributed by atoms with E-state index in [1.165, 1.54) is 21.2 Å². The van der Waals surface area contributed by atoms with E-state index in [0.717, 1.165) is 55.9 Å². The van der Waals surface area contributed by atoms with Crippen LogP contribution in [0.2, 0.25) is 0 Å². The maximum atomic E-state index is 14.7. The fourth-order valence-corrected chi connectivity index (χ4v) is 14.4. The van der Waals surface area contributed by atoms with Crippen molar-refractivity contribution in [3.8, 4) is 22.3 Å². The van der Waals surface area contributed by atoms with Crippen LogP contribution in [-0.4, -0.2) is 34.2 Å². The highest BCUT2D eigenvalue weighted by Gasteiger charge is 2.53. The summed E-state index contributed by atoms with van der Waals surface area (Å²) >= 11 is 3.84. The van der Waals surface area contributed by atoms with E-state index < -0.39 is 5.41 Å². The average Bonchev–Trinajstić information content (AvgIpc) is 3.87. The Morgan fingerprint density at radius 1 is 0.377 bits per heavy atom. The number of hydrogen-bond donors (Lipinski definition) is 0. The molecule has 69 heavy (non-hydrogen) atoms. The van der Waals surface area contributed by atoms with Crippen molar-refractivity contribution in [2.24, 2.45) is 0 Å². The van der Waals surface area contributed by atoms with E-state index in [9.17, 15) is 9.59 Å². The Morgan fingerprint density at radius 3 is 1.20 bits per heavy atom. The standard InChI is InChI=1S/C63H42N2O2S2/c66-61(39-15-3-1-4-16-39)41-27-31-45-46-32-28-42(62(67)40-17-5-2-6-18-40)36-50(46)63(49(45)35-41)51-37-43(64-53-19-7-11-23-57(53)68-58-24-12-8-20-54(58)64)29-33-47(51)48-34-30-44(38-52(48)63)65-55-21-9-13-25-59(55)69-60-26-14-10-22-56(60)65/h1-38,53,55,57,59H.